The molecule has 1 aromatic heterocycles. The van der Waals surface area contributed by atoms with E-state index >= 15 is 0 Å². The molecule has 0 radical (unpaired) electrons. The number of ether oxygens (including phenoxy) is 2. The molecule has 1 N–H and O–H groups in total. The van der Waals surface area contributed by atoms with Crippen LogP contribution in [0.25, 0.3) is 6.08 Å². The van der Waals surface area contributed by atoms with Gasteiger partial charge in [0.15, 0.2) is 6.10 Å². The number of aromatic nitrogens is 1. The van der Waals surface area contributed by atoms with Crippen LogP contribution in [0.4, 0.5) is 5.69 Å². The lowest BCUT2D eigenvalue weighted by molar-refractivity contribution is -0.148. The highest BCUT2D eigenvalue weighted by Gasteiger charge is 2.16. The average Bonchev–Trinajstić information content (AvgIpc) is 2.77. The first-order chi connectivity index (χ1) is 15.0. The summed E-state index contributed by atoms with van der Waals surface area (Å²) < 4.78 is 10.8. The Bertz CT molecular complexity index is 1050. The Kier molecular flexibility index (Phi) is 7.79. The lowest BCUT2D eigenvalue weighted by Crippen LogP contribution is -2.29. The number of nitrogens with one attached hydrogen (secondary N) is 1. The molecule has 158 valence electrons. The van der Waals surface area contributed by atoms with Crippen LogP contribution in [0.2, 0.25) is 5.02 Å². The van der Waals surface area contributed by atoms with Crippen LogP contribution in [0.1, 0.15) is 18.2 Å². The maximum Gasteiger partial charge on any atom is 0.331 e. The van der Waals surface area contributed by atoms with E-state index in [4.69, 9.17) is 21.1 Å². The van der Waals surface area contributed by atoms with Crippen molar-refractivity contribution in [3.63, 3.8) is 0 Å². The van der Waals surface area contributed by atoms with Gasteiger partial charge in [0.1, 0.15) is 12.4 Å². The first-order valence-electron chi connectivity index (χ1n) is 9.57. The Labute approximate surface area is 185 Å². The Hall–Kier alpha value is -3.64. The van der Waals surface area contributed by atoms with Gasteiger partial charge >= 0.3 is 5.97 Å². The Morgan fingerprint density at radius 3 is 2.61 bits per heavy atom. The van der Waals surface area contributed by atoms with Crippen LogP contribution in [0, 0.1) is 0 Å². The maximum absolute atomic E-state index is 12.2. The number of hydrogen-bond donors (Lipinski definition) is 1. The van der Waals surface area contributed by atoms with E-state index in [-0.39, 0.29) is 0 Å². The smallest absolute Gasteiger partial charge is 0.331 e. The predicted octanol–water partition coefficient (Wildman–Crippen LogP) is 4.90. The standard InChI is InChI=1S/C24H21ClN2O4/c1-17(24(29)27-20-7-4-5-19(25)15-20)31-23(28)13-10-18-8-11-22(12-9-18)30-16-21-6-2-3-14-26-21/h2-15,17H,16H2,1H3,(H,27,29). The molecule has 2 aromatic carbocycles. The molecular formula is C24H21ClN2O4. The van der Waals surface area contributed by atoms with E-state index in [0.717, 1.165) is 11.3 Å². The third-order valence-corrected chi connectivity index (χ3v) is 4.39. The largest absolute Gasteiger partial charge is 0.487 e. The normalized spacial score (nSPS) is 11.7. The number of benzene rings is 2. The second kappa shape index (κ2) is 10.9. The molecule has 31 heavy (non-hydrogen) atoms. The van der Waals surface area contributed by atoms with Crippen molar-refractivity contribution in [2.24, 2.45) is 0 Å². The number of pyridine rings is 1. The fourth-order valence-electron chi connectivity index (χ4n) is 2.56. The summed E-state index contributed by atoms with van der Waals surface area (Å²) in [6.07, 6.45) is 3.63. The first kappa shape index (κ1) is 22.1. The van der Waals surface area contributed by atoms with Gasteiger partial charge in [-0.3, -0.25) is 9.78 Å². The molecule has 3 rings (SSSR count). The van der Waals surface area contributed by atoms with Crippen LogP contribution in [0.3, 0.4) is 0 Å². The highest BCUT2D eigenvalue weighted by Crippen LogP contribution is 2.16. The molecule has 0 saturated carbocycles. The number of carbonyl (C=O) groups excluding carboxylic acids is 2. The minimum atomic E-state index is -0.960. The van der Waals surface area contributed by atoms with Crippen molar-refractivity contribution < 1.29 is 19.1 Å². The van der Waals surface area contributed by atoms with Crippen molar-refractivity contribution in [1.82, 2.24) is 4.98 Å². The molecular weight excluding hydrogens is 416 g/mol. The molecule has 1 unspecified atom stereocenters. The lowest BCUT2D eigenvalue weighted by Gasteiger charge is -2.12. The van der Waals surface area contributed by atoms with E-state index in [0.29, 0.717) is 23.1 Å². The zero-order chi connectivity index (χ0) is 22.1. The predicted molar refractivity (Wildman–Crippen MR) is 120 cm³/mol. The fourth-order valence-corrected chi connectivity index (χ4v) is 2.75. The number of esters is 1. The summed E-state index contributed by atoms with van der Waals surface area (Å²) in [4.78, 5) is 28.4. The summed E-state index contributed by atoms with van der Waals surface area (Å²) >= 11 is 5.89. The summed E-state index contributed by atoms with van der Waals surface area (Å²) in [5, 5.41) is 3.15. The minimum Gasteiger partial charge on any atom is -0.487 e. The zero-order valence-electron chi connectivity index (χ0n) is 16.8. The van der Waals surface area contributed by atoms with Crippen LogP contribution >= 0.6 is 11.6 Å². The molecule has 7 heteroatoms. The molecule has 0 bridgehead atoms. The summed E-state index contributed by atoms with van der Waals surface area (Å²) in [5.74, 6) is -0.376. The van der Waals surface area contributed by atoms with Crippen molar-refractivity contribution in [3.8, 4) is 5.75 Å². The number of halogens is 1. The number of anilines is 1. The topological polar surface area (TPSA) is 77.5 Å². The number of hydrogen-bond acceptors (Lipinski definition) is 5. The number of nitrogens with zero attached hydrogens (tertiary/aromatic N) is 1. The molecule has 0 saturated heterocycles. The average molecular weight is 437 g/mol. The van der Waals surface area contributed by atoms with E-state index in [1.165, 1.54) is 13.0 Å². The Morgan fingerprint density at radius 2 is 1.90 bits per heavy atom. The van der Waals surface area contributed by atoms with Crippen molar-refractivity contribution >= 4 is 35.2 Å². The molecule has 0 fully saturated rings. The first-order valence-corrected chi connectivity index (χ1v) is 9.95. The molecule has 0 aliphatic rings. The summed E-state index contributed by atoms with van der Waals surface area (Å²) in [7, 11) is 0. The second-order valence-electron chi connectivity index (χ2n) is 6.59. The van der Waals surface area contributed by atoms with Gasteiger partial charge in [-0.2, -0.15) is 0 Å². The summed E-state index contributed by atoms with van der Waals surface area (Å²) in [6, 6.07) is 19.6. The lowest BCUT2D eigenvalue weighted by atomic mass is 10.2. The monoisotopic (exact) mass is 436 g/mol. The summed E-state index contributed by atoms with van der Waals surface area (Å²) in [5.41, 5.74) is 2.15. The summed E-state index contributed by atoms with van der Waals surface area (Å²) in [6.45, 7) is 1.87. The van der Waals surface area contributed by atoms with Crippen molar-refractivity contribution in [2.75, 3.05) is 5.32 Å². The van der Waals surface area contributed by atoms with Crippen LogP contribution in [-0.4, -0.2) is 23.0 Å². The van der Waals surface area contributed by atoms with Gasteiger partial charge in [0.2, 0.25) is 0 Å². The van der Waals surface area contributed by atoms with Gasteiger partial charge in [0.05, 0.1) is 5.69 Å². The molecule has 0 aliphatic carbocycles. The van der Waals surface area contributed by atoms with Gasteiger partial charge < -0.3 is 14.8 Å². The van der Waals surface area contributed by atoms with Gasteiger partial charge in [-0.15, -0.1) is 0 Å². The Morgan fingerprint density at radius 1 is 1.10 bits per heavy atom. The highest BCUT2D eigenvalue weighted by atomic mass is 35.5. The van der Waals surface area contributed by atoms with Crippen molar-refractivity contribution in [2.45, 2.75) is 19.6 Å². The van der Waals surface area contributed by atoms with Crippen LogP contribution in [0.5, 0.6) is 5.75 Å². The maximum atomic E-state index is 12.2. The highest BCUT2D eigenvalue weighted by molar-refractivity contribution is 6.30. The zero-order valence-corrected chi connectivity index (χ0v) is 17.6. The third-order valence-electron chi connectivity index (χ3n) is 4.16. The van der Waals surface area contributed by atoms with Crippen LogP contribution < -0.4 is 10.1 Å². The van der Waals surface area contributed by atoms with Gasteiger partial charge in [0, 0.05) is 23.0 Å². The van der Waals surface area contributed by atoms with Gasteiger partial charge in [-0.05, 0) is 61.0 Å². The molecule has 1 atom stereocenters. The molecule has 6 nitrogen and oxygen atoms in total. The second-order valence-corrected chi connectivity index (χ2v) is 7.03. The molecule has 0 spiro atoms. The number of rotatable bonds is 8. The SMILES string of the molecule is CC(OC(=O)C=Cc1ccc(OCc2ccccn2)cc1)C(=O)Nc1cccc(Cl)c1. The quantitative estimate of drug-likeness (QED) is 0.401. The molecule has 1 heterocycles. The van der Waals surface area contributed by atoms with Gasteiger partial charge in [-0.25, -0.2) is 4.79 Å². The van der Waals surface area contributed by atoms with Crippen LogP contribution in [-0.2, 0) is 20.9 Å². The third kappa shape index (κ3) is 7.28. The molecule has 3 aromatic rings. The van der Waals surface area contributed by atoms with Gasteiger partial charge in [-0.1, -0.05) is 35.9 Å². The number of carbonyl (C=O) groups is 2. The van der Waals surface area contributed by atoms with E-state index in [1.807, 2.05) is 30.3 Å². The van der Waals surface area contributed by atoms with E-state index in [9.17, 15) is 9.59 Å². The van der Waals surface area contributed by atoms with Crippen molar-refractivity contribution in [1.29, 1.82) is 0 Å². The van der Waals surface area contributed by atoms with E-state index in [1.54, 1.807) is 48.7 Å². The fraction of sp³-hybridized carbons (Fsp3) is 0.125. The molecule has 0 aliphatic heterocycles. The van der Waals surface area contributed by atoms with E-state index in [2.05, 4.69) is 10.3 Å². The van der Waals surface area contributed by atoms with Crippen molar-refractivity contribution in [3.05, 3.63) is 95.3 Å². The molecule has 1 amide bonds. The minimum absolute atomic E-state index is 0.373. The van der Waals surface area contributed by atoms with E-state index < -0.39 is 18.0 Å². The Balaban J connectivity index is 1.47. The number of amides is 1. The van der Waals surface area contributed by atoms with Crippen LogP contribution in [0.15, 0.2) is 79.0 Å². The van der Waals surface area contributed by atoms with Gasteiger partial charge in [0.25, 0.3) is 5.91 Å².